The molecule has 0 aliphatic heterocycles. The average molecular weight is 365 g/mol. The standard InChI is InChI=1S/C12H14ClIN2O/c1-17-12(5-2-6-12)11-15-9(7-3-4-7)8(14)10(13)16-11/h7H,2-6H2,1H3. The van der Waals surface area contributed by atoms with Crippen LogP contribution in [0.25, 0.3) is 0 Å². The van der Waals surface area contributed by atoms with Crippen LogP contribution in [0.1, 0.15) is 49.5 Å². The molecule has 2 aliphatic carbocycles. The molecule has 3 rings (SSSR count). The van der Waals surface area contributed by atoms with Gasteiger partial charge in [-0.25, -0.2) is 9.97 Å². The fourth-order valence-electron chi connectivity index (χ4n) is 2.28. The zero-order valence-electron chi connectivity index (χ0n) is 9.67. The molecular formula is C12H14ClIN2O. The summed E-state index contributed by atoms with van der Waals surface area (Å²) in [4.78, 5) is 9.16. The molecule has 0 N–H and O–H groups in total. The van der Waals surface area contributed by atoms with Gasteiger partial charge < -0.3 is 4.74 Å². The zero-order valence-corrected chi connectivity index (χ0v) is 12.6. The lowest BCUT2D eigenvalue weighted by molar-refractivity contribution is -0.0848. The van der Waals surface area contributed by atoms with Gasteiger partial charge in [0, 0.05) is 13.0 Å². The van der Waals surface area contributed by atoms with Crippen LogP contribution in [0, 0.1) is 3.57 Å². The predicted molar refractivity (Wildman–Crippen MR) is 74.3 cm³/mol. The molecule has 92 valence electrons. The lowest BCUT2D eigenvalue weighted by atomic mass is 9.79. The maximum atomic E-state index is 6.22. The van der Waals surface area contributed by atoms with Gasteiger partial charge >= 0.3 is 0 Å². The fourth-order valence-corrected chi connectivity index (χ4v) is 3.14. The van der Waals surface area contributed by atoms with Crippen LogP contribution in [0.2, 0.25) is 5.15 Å². The van der Waals surface area contributed by atoms with Gasteiger partial charge in [-0.2, -0.15) is 0 Å². The van der Waals surface area contributed by atoms with Crippen molar-refractivity contribution in [2.24, 2.45) is 0 Å². The van der Waals surface area contributed by atoms with Crippen molar-refractivity contribution in [1.82, 2.24) is 9.97 Å². The minimum atomic E-state index is -0.266. The Kier molecular flexibility index (Phi) is 3.07. The van der Waals surface area contributed by atoms with Crippen molar-refractivity contribution in [2.45, 2.75) is 43.6 Å². The van der Waals surface area contributed by atoms with E-state index in [9.17, 15) is 0 Å². The summed E-state index contributed by atoms with van der Waals surface area (Å²) in [5.41, 5.74) is 0.862. The summed E-state index contributed by atoms with van der Waals surface area (Å²) in [6, 6.07) is 0. The summed E-state index contributed by atoms with van der Waals surface area (Å²) in [6.07, 6.45) is 5.64. The van der Waals surface area contributed by atoms with E-state index in [0.717, 1.165) is 27.9 Å². The molecular weight excluding hydrogens is 351 g/mol. The molecule has 5 heteroatoms. The van der Waals surface area contributed by atoms with Gasteiger partial charge in [0.15, 0.2) is 5.82 Å². The summed E-state index contributed by atoms with van der Waals surface area (Å²) in [5.74, 6) is 1.38. The number of hydrogen-bond acceptors (Lipinski definition) is 3. The normalized spacial score (nSPS) is 22.3. The Morgan fingerprint density at radius 3 is 2.53 bits per heavy atom. The summed E-state index contributed by atoms with van der Waals surface area (Å²) < 4.78 is 6.64. The quantitative estimate of drug-likeness (QED) is 0.607. The highest BCUT2D eigenvalue weighted by Gasteiger charge is 2.43. The van der Waals surface area contributed by atoms with Crippen LogP contribution in [-0.2, 0) is 10.3 Å². The molecule has 0 aromatic carbocycles. The summed E-state index contributed by atoms with van der Waals surface area (Å²) in [7, 11) is 1.74. The topological polar surface area (TPSA) is 35.0 Å². The summed E-state index contributed by atoms with van der Waals surface area (Å²) in [5, 5.41) is 0.584. The highest BCUT2D eigenvalue weighted by atomic mass is 127. The SMILES string of the molecule is COC1(c2nc(Cl)c(I)c(C3CC3)n2)CCC1. The first-order valence-electron chi connectivity index (χ1n) is 5.95. The maximum absolute atomic E-state index is 6.22. The van der Waals surface area contributed by atoms with Crippen molar-refractivity contribution < 1.29 is 4.74 Å². The molecule has 17 heavy (non-hydrogen) atoms. The van der Waals surface area contributed by atoms with Crippen LogP contribution >= 0.6 is 34.2 Å². The minimum absolute atomic E-state index is 0.266. The third kappa shape index (κ3) is 1.98. The van der Waals surface area contributed by atoms with E-state index >= 15 is 0 Å². The van der Waals surface area contributed by atoms with Gasteiger partial charge in [-0.15, -0.1) is 0 Å². The molecule has 0 saturated heterocycles. The van der Waals surface area contributed by atoms with Crippen LogP contribution in [0.3, 0.4) is 0 Å². The Bertz CT molecular complexity index is 453. The molecule has 0 radical (unpaired) electrons. The number of rotatable bonds is 3. The third-order valence-corrected chi connectivity index (χ3v) is 5.42. The van der Waals surface area contributed by atoms with Crippen LogP contribution in [0.5, 0.6) is 0 Å². The van der Waals surface area contributed by atoms with Gasteiger partial charge in [0.25, 0.3) is 0 Å². The van der Waals surface area contributed by atoms with Crippen molar-refractivity contribution >= 4 is 34.2 Å². The van der Waals surface area contributed by atoms with E-state index in [1.807, 2.05) is 0 Å². The van der Waals surface area contributed by atoms with E-state index in [1.165, 1.54) is 19.3 Å². The molecule has 2 saturated carbocycles. The van der Waals surface area contributed by atoms with Gasteiger partial charge in [-0.3, -0.25) is 0 Å². The molecule has 0 atom stereocenters. The van der Waals surface area contributed by atoms with Crippen molar-refractivity contribution in [3.05, 3.63) is 20.2 Å². The first-order valence-corrected chi connectivity index (χ1v) is 7.40. The summed E-state index contributed by atoms with van der Waals surface area (Å²) in [6.45, 7) is 0. The lowest BCUT2D eigenvalue weighted by Crippen LogP contribution is -2.38. The molecule has 2 fully saturated rings. The van der Waals surface area contributed by atoms with Gasteiger partial charge in [0.05, 0.1) is 9.26 Å². The van der Waals surface area contributed by atoms with E-state index in [4.69, 9.17) is 21.3 Å². The van der Waals surface area contributed by atoms with Crippen LogP contribution in [0.15, 0.2) is 0 Å². The highest BCUT2D eigenvalue weighted by Crippen LogP contribution is 2.46. The van der Waals surface area contributed by atoms with Crippen molar-refractivity contribution in [1.29, 1.82) is 0 Å². The van der Waals surface area contributed by atoms with E-state index in [1.54, 1.807) is 7.11 Å². The Morgan fingerprint density at radius 1 is 1.35 bits per heavy atom. The summed E-state index contributed by atoms with van der Waals surface area (Å²) >= 11 is 8.47. The molecule has 3 nitrogen and oxygen atoms in total. The van der Waals surface area contributed by atoms with Gasteiger partial charge in [-0.1, -0.05) is 11.6 Å². The second-order valence-electron chi connectivity index (χ2n) is 4.86. The van der Waals surface area contributed by atoms with E-state index in [0.29, 0.717) is 11.1 Å². The largest absolute Gasteiger partial charge is 0.370 e. The molecule has 0 bridgehead atoms. The number of hydrogen-bond donors (Lipinski definition) is 0. The molecule has 0 spiro atoms. The van der Waals surface area contributed by atoms with Gasteiger partial charge in [-0.05, 0) is 54.7 Å². The first kappa shape index (κ1) is 12.1. The van der Waals surface area contributed by atoms with E-state index in [2.05, 4.69) is 27.6 Å². The second-order valence-corrected chi connectivity index (χ2v) is 6.30. The monoisotopic (exact) mass is 364 g/mol. The Hall–Kier alpha value is 0.0600. The Balaban J connectivity index is 2.05. The average Bonchev–Trinajstić information content (AvgIpc) is 3.06. The van der Waals surface area contributed by atoms with Crippen LogP contribution in [-0.4, -0.2) is 17.1 Å². The fraction of sp³-hybridized carbons (Fsp3) is 0.667. The van der Waals surface area contributed by atoms with Crippen LogP contribution in [0.4, 0.5) is 0 Å². The van der Waals surface area contributed by atoms with Crippen molar-refractivity contribution in [2.75, 3.05) is 7.11 Å². The molecule has 0 amide bonds. The number of nitrogens with zero attached hydrogens (tertiary/aromatic N) is 2. The van der Waals surface area contributed by atoms with Gasteiger partial charge in [0.1, 0.15) is 10.8 Å². The van der Waals surface area contributed by atoms with E-state index in [-0.39, 0.29) is 5.60 Å². The number of halogens is 2. The smallest absolute Gasteiger partial charge is 0.162 e. The third-order valence-electron chi connectivity index (χ3n) is 3.76. The van der Waals surface area contributed by atoms with Crippen molar-refractivity contribution in [3.63, 3.8) is 0 Å². The molecule has 0 unspecified atom stereocenters. The number of aromatic nitrogens is 2. The van der Waals surface area contributed by atoms with Gasteiger partial charge in [0.2, 0.25) is 0 Å². The molecule has 1 aromatic heterocycles. The molecule has 1 heterocycles. The Labute approximate surface area is 119 Å². The minimum Gasteiger partial charge on any atom is -0.370 e. The maximum Gasteiger partial charge on any atom is 0.162 e. The second kappa shape index (κ2) is 4.31. The van der Waals surface area contributed by atoms with Crippen LogP contribution < -0.4 is 0 Å². The zero-order chi connectivity index (χ0) is 12.0. The molecule has 1 aromatic rings. The Morgan fingerprint density at radius 2 is 2.06 bits per heavy atom. The highest BCUT2D eigenvalue weighted by molar-refractivity contribution is 14.1. The predicted octanol–water partition coefficient (Wildman–Crippen LogP) is 3.64. The number of methoxy groups -OCH3 is 1. The lowest BCUT2D eigenvalue weighted by Gasteiger charge is -2.39. The first-order chi connectivity index (χ1) is 8.16. The van der Waals surface area contributed by atoms with Crippen molar-refractivity contribution in [3.8, 4) is 0 Å². The number of ether oxygens (including phenoxy) is 1. The van der Waals surface area contributed by atoms with E-state index < -0.39 is 0 Å². The molecule has 2 aliphatic rings.